The standard InChI is InChI=1S/C11H21NO3Si/c1-5-14-11(13)10-7-6-9(15-12-10)8-16(2,3)4/h9H,5-8H2,1-4H3/t9-/m1/s1. The van der Waals surface area contributed by atoms with Gasteiger partial charge in [-0.2, -0.15) is 0 Å². The Morgan fingerprint density at radius 1 is 1.56 bits per heavy atom. The van der Waals surface area contributed by atoms with Gasteiger partial charge in [0.25, 0.3) is 0 Å². The fraction of sp³-hybridized carbons (Fsp3) is 0.818. The summed E-state index contributed by atoms with van der Waals surface area (Å²) in [7, 11) is -1.12. The van der Waals surface area contributed by atoms with Crippen molar-refractivity contribution >= 4 is 19.8 Å². The first-order valence-electron chi connectivity index (χ1n) is 5.82. The SMILES string of the molecule is CCOC(=O)C1=NO[C@@H](C[Si](C)(C)C)CC1. The van der Waals surface area contributed by atoms with Crippen LogP contribution >= 0.6 is 0 Å². The van der Waals surface area contributed by atoms with Gasteiger partial charge in [-0.05, 0) is 19.4 Å². The maximum atomic E-state index is 11.4. The summed E-state index contributed by atoms with van der Waals surface area (Å²) in [5, 5.41) is 3.88. The topological polar surface area (TPSA) is 47.9 Å². The van der Waals surface area contributed by atoms with Crippen molar-refractivity contribution in [3.8, 4) is 0 Å². The number of rotatable bonds is 4. The number of nitrogens with zero attached hydrogens (tertiary/aromatic N) is 1. The molecule has 1 aliphatic rings. The third-order valence-corrected chi connectivity index (χ3v) is 4.05. The van der Waals surface area contributed by atoms with Gasteiger partial charge in [0.2, 0.25) is 0 Å². The van der Waals surface area contributed by atoms with Crippen LogP contribution in [0, 0.1) is 0 Å². The van der Waals surface area contributed by atoms with Gasteiger partial charge in [-0.15, -0.1) is 0 Å². The molecule has 92 valence electrons. The summed E-state index contributed by atoms with van der Waals surface area (Å²) >= 11 is 0. The molecule has 0 spiro atoms. The molecular weight excluding hydrogens is 222 g/mol. The largest absolute Gasteiger partial charge is 0.461 e. The second-order valence-electron chi connectivity index (χ2n) is 5.29. The number of esters is 1. The number of hydrogen-bond donors (Lipinski definition) is 0. The van der Waals surface area contributed by atoms with Crippen molar-refractivity contribution in [1.29, 1.82) is 0 Å². The van der Waals surface area contributed by atoms with Gasteiger partial charge in [0.1, 0.15) is 6.10 Å². The quantitative estimate of drug-likeness (QED) is 0.563. The Bertz CT molecular complexity index is 283. The lowest BCUT2D eigenvalue weighted by Gasteiger charge is -2.25. The van der Waals surface area contributed by atoms with E-state index in [1.54, 1.807) is 6.92 Å². The molecule has 0 saturated carbocycles. The summed E-state index contributed by atoms with van der Waals surface area (Å²) in [6.07, 6.45) is 1.74. The highest BCUT2D eigenvalue weighted by atomic mass is 28.3. The van der Waals surface area contributed by atoms with Crippen LogP contribution in [0.15, 0.2) is 5.16 Å². The van der Waals surface area contributed by atoms with Crippen molar-refractivity contribution < 1.29 is 14.4 Å². The van der Waals surface area contributed by atoms with Gasteiger partial charge in [-0.1, -0.05) is 24.8 Å². The van der Waals surface area contributed by atoms with E-state index in [1.165, 1.54) is 0 Å². The van der Waals surface area contributed by atoms with Crippen LogP contribution in [0.2, 0.25) is 25.7 Å². The molecule has 16 heavy (non-hydrogen) atoms. The van der Waals surface area contributed by atoms with E-state index in [1.807, 2.05) is 0 Å². The molecule has 4 nitrogen and oxygen atoms in total. The van der Waals surface area contributed by atoms with Crippen LogP contribution in [0.5, 0.6) is 0 Å². The van der Waals surface area contributed by atoms with Crippen molar-refractivity contribution in [3.63, 3.8) is 0 Å². The van der Waals surface area contributed by atoms with Gasteiger partial charge in [-0.3, -0.25) is 0 Å². The fourth-order valence-corrected chi connectivity index (χ4v) is 3.35. The molecule has 1 aliphatic heterocycles. The van der Waals surface area contributed by atoms with E-state index >= 15 is 0 Å². The summed E-state index contributed by atoms with van der Waals surface area (Å²) < 4.78 is 4.88. The van der Waals surface area contributed by atoms with E-state index in [9.17, 15) is 4.79 Å². The number of carbonyl (C=O) groups is 1. The highest BCUT2D eigenvalue weighted by molar-refractivity contribution is 6.76. The van der Waals surface area contributed by atoms with Gasteiger partial charge in [0.15, 0.2) is 5.71 Å². The zero-order chi connectivity index (χ0) is 12.2. The Morgan fingerprint density at radius 2 is 2.25 bits per heavy atom. The zero-order valence-corrected chi connectivity index (χ0v) is 11.6. The minimum atomic E-state index is -1.12. The van der Waals surface area contributed by atoms with Gasteiger partial charge >= 0.3 is 5.97 Å². The Balaban J connectivity index is 2.45. The first kappa shape index (κ1) is 13.2. The minimum Gasteiger partial charge on any atom is -0.461 e. The molecule has 0 aromatic rings. The number of oxime groups is 1. The van der Waals surface area contributed by atoms with Crippen LogP contribution in [0.3, 0.4) is 0 Å². The third kappa shape index (κ3) is 4.34. The monoisotopic (exact) mass is 243 g/mol. The maximum absolute atomic E-state index is 11.4. The van der Waals surface area contributed by atoms with Crippen LogP contribution in [-0.4, -0.2) is 32.5 Å². The van der Waals surface area contributed by atoms with Gasteiger partial charge in [-0.25, -0.2) is 4.79 Å². The van der Waals surface area contributed by atoms with Crippen molar-refractivity contribution in [2.45, 2.75) is 51.6 Å². The molecule has 0 aromatic heterocycles. The summed E-state index contributed by atoms with van der Waals surface area (Å²) in [5.74, 6) is -0.339. The fourth-order valence-electron chi connectivity index (χ4n) is 1.71. The first-order chi connectivity index (χ1) is 7.42. The number of hydrogen-bond acceptors (Lipinski definition) is 4. The van der Waals surface area contributed by atoms with Crippen LogP contribution in [0.1, 0.15) is 19.8 Å². The predicted octanol–water partition coefficient (Wildman–Crippen LogP) is 2.42. The Kier molecular flexibility index (Phi) is 4.52. The molecule has 0 radical (unpaired) electrons. The summed E-state index contributed by atoms with van der Waals surface area (Å²) in [5.41, 5.74) is 0.425. The van der Waals surface area contributed by atoms with Gasteiger partial charge in [0.05, 0.1) is 6.61 Å². The van der Waals surface area contributed by atoms with E-state index in [4.69, 9.17) is 9.57 Å². The van der Waals surface area contributed by atoms with E-state index in [0.717, 1.165) is 12.5 Å². The second-order valence-corrected chi connectivity index (χ2v) is 10.8. The van der Waals surface area contributed by atoms with E-state index in [-0.39, 0.29) is 12.1 Å². The molecular formula is C11H21NO3Si. The molecule has 0 fully saturated rings. The molecule has 0 aromatic carbocycles. The normalized spacial score (nSPS) is 21.0. The highest BCUT2D eigenvalue weighted by Crippen LogP contribution is 2.21. The molecule has 1 heterocycles. The lowest BCUT2D eigenvalue weighted by atomic mass is 10.1. The van der Waals surface area contributed by atoms with Crippen LogP contribution in [0.25, 0.3) is 0 Å². The average Bonchev–Trinajstić information content (AvgIpc) is 2.16. The van der Waals surface area contributed by atoms with Crippen molar-refractivity contribution in [2.75, 3.05) is 6.61 Å². The van der Waals surface area contributed by atoms with E-state index in [2.05, 4.69) is 24.8 Å². The maximum Gasteiger partial charge on any atom is 0.356 e. The predicted molar refractivity (Wildman–Crippen MR) is 66.3 cm³/mol. The first-order valence-corrected chi connectivity index (χ1v) is 9.53. The Labute approximate surface area is 98.0 Å². The molecule has 0 aliphatic carbocycles. The lowest BCUT2D eigenvalue weighted by molar-refractivity contribution is -0.135. The van der Waals surface area contributed by atoms with Gasteiger partial charge < -0.3 is 9.57 Å². The van der Waals surface area contributed by atoms with Crippen LogP contribution in [0.4, 0.5) is 0 Å². The third-order valence-electron chi connectivity index (χ3n) is 2.37. The average molecular weight is 243 g/mol. The van der Waals surface area contributed by atoms with Gasteiger partial charge in [0, 0.05) is 14.5 Å². The smallest absolute Gasteiger partial charge is 0.356 e. The molecule has 0 unspecified atom stereocenters. The molecule has 5 heteroatoms. The van der Waals surface area contributed by atoms with Crippen molar-refractivity contribution in [1.82, 2.24) is 0 Å². The Hall–Kier alpha value is -0.843. The highest BCUT2D eigenvalue weighted by Gasteiger charge is 2.27. The second kappa shape index (κ2) is 5.47. The molecule has 0 saturated heterocycles. The number of carbonyl (C=O) groups excluding carboxylic acids is 1. The summed E-state index contributed by atoms with van der Waals surface area (Å²) in [4.78, 5) is 16.7. The van der Waals surface area contributed by atoms with Crippen molar-refractivity contribution in [3.05, 3.63) is 0 Å². The number of ether oxygens (including phenoxy) is 1. The molecule has 1 rings (SSSR count). The molecule has 0 N–H and O–H groups in total. The lowest BCUT2D eigenvalue weighted by Crippen LogP contribution is -2.32. The zero-order valence-electron chi connectivity index (χ0n) is 10.6. The Morgan fingerprint density at radius 3 is 2.69 bits per heavy atom. The van der Waals surface area contributed by atoms with E-state index < -0.39 is 8.07 Å². The van der Waals surface area contributed by atoms with Crippen LogP contribution in [-0.2, 0) is 14.4 Å². The summed E-state index contributed by atoms with van der Waals surface area (Å²) in [6, 6.07) is 1.09. The molecule has 0 amide bonds. The van der Waals surface area contributed by atoms with E-state index in [0.29, 0.717) is 18.7 Å². The molecule has 1 atom stereocenters. The molecule has 0 bridgehead atoms. The summed E-state index contributed by atoms with van der Waals surface area (Å²) in [6.45, 7) is 9.09. The van der Waals surface area contributed by atoms with Crippen LogP contribution < -0.4 is 0 Å². The minimum absolute atomic E-state index is 0.185. The van der Waals surface area contributed by atoms with Crippen molar-refractivity contribution in [2.24, 2.45) is 5.16 Å².